The van der Waals surface area contributed by atoms with Gasteiger partial charge in [0.25, 0.3) is 0 Å². The second-order valence-corrected chi connectivity index (χ2v) is 9.90. The molecule has 198 valence electrons. The minimum atomic E-state index is -0.423. The zero-order chi connectivity index (χ0) is 26.6. The number of ether oxygens (including phenoxy) is 1. The van der Waals surface area contributed by atoms with Crippen LogP contribution in [-0.4, -0.2) is 68.0 Å². The van der Waals surface area contributed by atoms with Crippen molar-refractivity contribution in [3.8, 4) is 5.75 Å². The van der Waals surface area contributed by atoms with Crippen LogP contribution in [-0.2, 0) is 6.54 Å². The average Bonchev–Trinajstić information content (AvgIpc) is 3.31. The summed E-state index contributed by atoms with van der Waals surface area (Å²) in [7, 11) is 0. The van der Waals surface area contributed by atoms with Gasteiger partial charge in [-0.05, 0) is 49.7 Å². The molecule has 0 bridgehead atoms. The average molecular weight is 537 g/mol. The summed E-state index contributed by atoms with van der Waals surface area (Å²) in [6, 6.07) is 9.14. The Morgan fingerprint density at radius 2 is 1.95 bits per heavy atom. The van der Waals surface area contributed by atoms with Gasteiger partial charge in [0.2, 0.25) is 0 Å². The van der Waals surface area contributed by atoms with E-state index in [0.29, 0.717) is 28.6 Å². The molecule has 10 heteroatoms. The maximum Gasteiger partial charge on any atom is 0.134 e. The highest BCUT2D eigenvalue weighted by atomic mass is 35.5. The normalized spacial score (nSPS) is 16.2. The highest BCUT2D eigenvalue weighted by molar-refractivity contribution is 6.31. The predicted octanol–water partition coefficient (Wildman–Crippen LogP) is 4.99. The number of H-pyrrole nitrogens is 1. The third kappa shape index (κ3) is 5.86. The number of aliphatic hydroxyl groups is 1. The number of fused-ring (bicyclic) bond motifs is 1. The Morgan fingerprint density at radius 3 is 2.66 bits per heavy atom. The standard InChI is InChI=1S/C28H30ClFN6O2/c1-18-13-31-15-24(29)28(18)19(2)38-22-5-6-26-23(11-22)27(34-33-26)12-25(30)20-3-4-21(32-14-20)16-35-7-9-36(17-37)10-8-35/h3-6,11-15,19,37H,7-10,16-17H2,1-2H3,(H,33,34)/b25-12-/t19-/m1/s1. The molecule has 0 amide bonds. The molecule has 0 aliphatic carbocycles. The number of nitrogens with one attached hydrogen (secondary N) is 1. The highest BCUT2D eigenvalue weighted by Crippen LogP contribution is 2.32. The Bertz CT molecular complexity index is 1410. The maximum atomic E-state index is 15.2. The smallest absolute Gasteiger partial charge is 0.134 e. The Balaban J connectivity index is 1.30. The van der Waals surface area contributed by atoms with Crippen molar-refractivity contribution in [2.45, 2.75) is 26.5 Å². The number of halogens is 2. The number of rotatable bonds is 8. The monoisotopic (exact) mass is 536 g/mol. The van der Waals surface area contributed by atoms with E-state index in [1.54, 1.807) is 24.7 Å². The lowest BCUT2D eigenvalue weighted by Crippen LogP contribution is -2.46. The number of piperazine rings is 1. The molecule has 5 rings (SSSR count). The summed E-state index contributed by atoms with van der Waals surface area (Å²) >= 11 is 6.35. The van der Waals surface area contributed by atoms with Gasteiger partial charge in [-0.25, -0.2) is 4.39 Å². The zero-order valence-electron chi connectivity index (χ0n) is 21.4. The first-order valence-electron chi connectivity index (χ1n) is 12.5. The molecule has 2 N–H and O–H groups in total. The van der Waals surface area contributed by atoms with Crippen LogP contribution in [0.4, 0.5) is 4.39 Å². The first kappa shape index (κ1) is 26.2. The van der Waals surface area contributed by atoms with Crippen LogP contribution < -0.4 is 4.74 Å². The van der Waals surface area contributed by atoms with E-state index in [-0.39, 0.29) is 12.8 Å². The molecule has 4 aromatic rings. The third-order valence-electron chi connectivity index (χ3n) is 6.84. The van der Waals surface area contributed by atoms with Crippen molar-refractivity contribution in [2.24, 2.45) is 0 Å². The van der Waals surface area contributed by atoms with Gasteiger partial charge in [-0.15, -0.1) is 0 Å². The maximum absolute atomic E-state index is 15.2. The first-order chi connectivity index (χ1) is 18.4. The van der Waals surface area contributed by atoms with Gasteiger partial charge in [0.15, 0.2) is 0 Å². The molecule has 38 heavy (non-hydrogen) atoms. The van der Waals surface area contributed by atoms with Crippen LogP contribution >= 0.6 is 11.6 Å². The molecule has 3 aromatic heterocycles. The Labute approximate surface area is 225 Å². The lowest BCUT2D eigenvalue weighted by molar-refractivity contribution is 0.0514. The van der Waals surface area contributed by atoms with Crippen molar-refractivity contribution in [1.82, 2.24) is 30.0 Å². The van der Waals surface area contributed by atoms with Gasteiger partial charge in [-0.2, -0.15) is 5.10 Å². The Kier molecular flexibility index (Phi) is 7.99. The van der Waals surface area contributed by atoms with Gasteiger partial charge in [0, 0.05) is 73.9 Å². The SMILES string of the molecule is Cc1cncc(Cl)c1[C@@H](C)Oc1ccc2[nH]nc(/C=C(\F)c3ccc(CN4CCN(CO)CC4)nc3)c2c1. The van der Waals surface area contributed by atoms with E-state index in [4.69, 9.17) is 16.3 Å². The Hall–Kier alpha value is -3.37. The molecule has 1 fully saturated rings. The van der Waals surface area contributed by atoms with E-state index in [1.165, 1.54) is 6.08 Å². The molecule has 1 aliphatic rings. The van der Waals surface area contributed by atoms with E-state index >= 15 is 4.39 Å². The zero-order valence-corrected chi connectivity index (χ0v) is 22.1. The molecule has 1 aliphatic heterocycles. The fourth-order valence-corrected chi connectivity index (χ4v) is 5.06. The van der Waals surface area contributed by atoms with E-state index in [9.17, 15) is 5.11 Å². The summed E-state index contributed by atoms with van der Waals surface area (Å²) in [6.45, 7) is 8.04. The molecule has 1 saturated heterocycles. The van der Waals surface area contributed by atoms with Crippen LogP contribution in [0.3, 0.4) is 0 Å². The summed E-state index contributed by atoms with van der Waals surface area (Å²) in [4.78, 5) is 12.9. The molecule has 0 unspecified atom stereocenters. The van der Waals surface area contributed by atoms with E-state index in [2.05, 4.69) is 25.1 Å². The molecule has 0 spiro atoms. The van der Waals surface area contributed by atoms with Crippen LogP contribution in [0.25, 0.3) is 22.8 Å². The van der Waals surface area contributed by atoms with Crippen LogP contribution in [0.15, 0.2) is 48.9 Å². The summed E-state index contributed by atoms with van der Waals surface area (Å²) in [5, 5.41) is 17.8. The number of aliphatic hydroxyl groups excluding tert-OH is 1. The minimum Gasteiger partial charge on any atom is -0.486 e. The van der Waals surface area contributed by atoms with Gasteiger partial charge < -0.3 is 9.84 Å². The van der Waals surface area contributed by atoms with Crippen molar-refractivity contribution in [3.63, 3.8) is 0 Å². The van der Waals surface area contributed by atoms with Gasteiger partial charge in [-0.1, -0.05) is 11.6 Å². The van der Waals surface area contributed by atoms with E-state index in [1.807, 2.05) is 43.0 Å². The molecule has 4 heterocycles. The molecule has 0 radical (unpaired) electrons. The quantitative estimate of drug-likeness (QED) is 0.328. The topological polar surface area (TPSA) is 90.4 Å². The first-order valence-corrected chi connectivity index (χ1v) is 12.9. The van der Waals surface area contributed by atoms with E-state index in [0.717, 1.165) is 53.9 Å². The van der Waals surface area contributed by atoms with Gasteiger partial charge in [0.1, 0.15) is 17.7 Å². The van der Waals surface area contributed by atoms with Crippen molar-refractivity contribution in [1.29, 1.82) is 0 Å². The van der Waals surface area contributed by atoms with Crippen LogP contribution in [0.2, 0.25) is 5.02 Å². The molecule has 8 nitrogen and oxygen atoms in total. The minimum absolute atomic E-state index is 0.0886. The highest BCUT2D eigenvalue weighted by Gasteiger charge is 2.18. The number of nitrogens with zero attached hydrogens (tertiary/aromatic N) is 5. The molecule has 0 saturated carbocycles. The van der Waals surface area contributed by atoms with Crippen molar-refractivity contribution >= 4 is 34.4 Å². The predicted molar refractivity (Wildman–Crippen MR) is 146 cm³/mol. The van der Waals surface area contributed by atoms with Crippen molar-refractivity contribution < 1.29 is 14.2 Å². The van der Waals surface area contributed by atoms with Gasteiger partial charge in [0.05, 0.1) is 28.7 Å². The fourth-order valence-electron chi connectivity index (χ4n) is 4.70. The van der Waals surface area contributed by atoms with E-state index < -0.39 is 5.83 Å². The number of aromatic nitrogens is 4. The van der Waals surface area contributed by atoms with Crippen LogP contribution in [0.5, 0.6) is 5.75 Å². The molecular weight excluding hydrogens is 507 g/mol. The summed E-state index contributed by atoms with van der Waals surface area (Å²) in [5.41, 5.74) is 4.34. The number of aryl methyl sites for hydroxylation is 1. The van der Waals surface area contributed by atoms with Crippen LogP contribution in [0, 0.1) is 6.92 Å². The van der Waals surface area contributed by atoms with Crippen molar-refractivity contribution in [2.75, 3.05) is 32.9 Å². The number of pyridine rings is 2. The summed E-state index contributed by atoms with van der Waals surface area (Å²) in [6.07, 6.45) is 6.02. The van der Waals surface area contributed by atoms with Gasteiger partial charge >= 0.3 is 0 Å². The third-order valence-corrected chi connectivity index (χ3v) is 7.14. The van der Waals surface area contributed by atoms with Crippen molar-refractivity contribution in [3.05, 3.63) is 82.0 Å². The molecular formula is C28H30ClFN6O2. The second-order valence-electron chi connectivity index (χ2n) is 9.49. The summed E-state index contributed by atoms with van der Waals surface area (Å²) < 4.78 is 21.4. The Morgan fingerprint density at radius 1 is 1.16 bits per heavy atom. The largest absolute Gasteiger partial charge is 0.486 e. The number of benzene rings is 1. The number of aromatic amines is 1. The number of hydrogen-bond acceptors (Lipinski definition) is 7. The molecule has 1 atom stereocenters. The lowest BCUT2D eigenvalue weighted by atomic mass is 10.1. The summed E-state index contributed by atoms with van der Waals surface area (Å²) in [5.74, 6) is 0.201. The lowest BCUT2D eigenvalue weighted by Gasteiger charge is -2.33. The second kappa shape index (κ2) is 11.6. The van der Waals surface area contributed by atoms with Crippen LogP contribution in [0.1, 0.15) is 41.1 Å². The molecule has 1 aromatic carbocycles. The fraction of sp³-hybridized carbons (Fsp3) is 0.321. The number of hydrogen-bond donors (Lipinski definition) is 2. The van der Waals surface area contributed by atoms with Gasteiger partial charge in [-0.3, -0.25) is 24.9 Å².